The van der Waals surface area contributed by atoms with Crippen LogP contribution in [0.25, 0.3) is 0 Å². The van der Waals surface area contributed by atoms with Gasteiger partial charge in [0.25, 0.3) is 0 Å². The van der Waals surface area contributed by atoms with Crippen LogP contribution in [-0.2, 0) is 4.74 Å². The third-order valence-electron chi connectivity index (χ3n) is 2.96. The van der Waals surface area contributed by atoms with Crippen LogP contribution in [0.2, 0.25) is 0 Å². The average molecular weight is 170 g/mol. The molecule has 0 aromatic rings. The standard InChI is InChI=1S/C9H18N2O/c10-8-6-12-5-4-9(8)11-7-2-1-3-7/h7-9,11H,1-6,10H2/t8-,9-/m1/s1. The van der Waals surface area contributed by atoms with Gasteiger partial charge in [0.1, 0.15) is 0 Å². The fourth-order valence-electron chi connectivity index (χ4n) is 1.84. The Labute approximate surface area is 73.7 Å². The van der Waals surface area contributed by atoms with Crippen molar-refractivity contribution in [1.29, 1.82) is 0 Å². The Bertz CT molecular complexity index is 147. The highest BCUT2D eigenvalue weighted by Crippen LogP contribution is 2.20. The molecule has 12 heavy (non-hydrogen) atoms. The lowest BCUT2D eigenvalue weighted by Gasteiger charge is -2.36. The highest BCUT2D eigenvalue weighted by molar-refractivity contribution is 4.88. The molecule has 1 saturated heterocycles. The van der Waals surface area contributed by atoms with Gasteiger partial charge >= 0.3 is 0 Å². The Balaban J connectivity index is 1.76. The Morgan fingerprint density at radius 3 is 2.67 bits per heavy atom. The molecule has 0 aromatic carbocycles. The van der Waals surface area contributed by atoms with Crippen LogP contribution in [0.5, 0.6) is 0 Å². The second-order valence-electron chi connectivity index (χ2n) is 3.93. The number of nitrogens with one attached hydrogen (secondary N) is 1. The van der Waals surface area contributed by atoms with Crippen molar-refractivity contribution in [1.82, 2.24) is 5.32 Å². The van der Waals surface area contributed by atoms with Gasteiger partial charge in [-0.15, -0.1) is 0 Å². The summed E-state index contributed by atoms with van der Waals surface area (Å²) in [7, 11) is 0. The topological polar surface area (TPSA) is 47.3 Å². The third-order valence-corrected chi connectivity index (χ3v) is 2.96. The molecule has 3 N–H and O–H groups in total. The molecular weight excluding hydrogens is 152 g/mol. The fraction of sp³-hybridized carbons (Fsp3) is 1.00. The molecule has 1 aliphatic carbocycles. The summed E-state index contributed by atoms with van der Waals surface area (Å²) >= 11 is 0. The first-order valence-corrected chi connectivity index (χ1v) is 4.95. The number of hydrogen-bond acceptors (Lipinski definition) is 3. The van der Waals surface area contributed by atoms with E-state index in [-0.39, 0.29) is 6.04 Å². The summed E-state index contributed by atoms with van der Waals surface area (Å²) < 4.78 is 5.28. The van der Waals surface area contributed by atoms with E-state index in [0.29, 0.717) is 6.04 Å². The van der Waals surface area contributed by atoms with Gasteiger partial charge in [-0.25, -0.2) is 0 Å². The summed E-state index contributed by atoms with van der Waals surface area (Å²) in [5.41, 5.74) is 5.92. The van der Waals surface area contributed by atoms with E-state index in [2.05, 4.69) is 5.32 Å². The predicted octanol–water partition coefficient (Wildman–Crippen LogP) is 0.245. The molecule has 1 heterocycles. The van der Waals surface area contributed by atoms with E-state index in [9.17, 15) is 0 Å². The van der Waals surface area contributed by atoms with E-state index < -0.39 is 0 Å². The van der Waals surface area contributed by atoms with Crippen LogP contribution >= 0.6 is 0 Å². The average Bonchev–Trinajstić information content (AvgIpc) is 2.00. The molecule has 0 amide bonds. The number of hydrogen-bond donors (Lipinski definition) is 2. The molecule has 0 bridgehead atoms. The van der Waals surface area contributed by atoms with E-state index in [1.54, 1.807) is 0 Å². The van der Waals surface area contributed by atoms with Gasteiger partial charge in [-0.1, -0.05) is 6.42 Å². The van der Waals surface area contributed by atoms with Crippen LogP contribution in [0.3, 0.4) is 0 Å². The zero-order chi connectivity index (χ0) is 8.39. The molecular formula is C9H18N2O. The van der Waals surface area contributed by atoms with Crippen LogP contribution in [0.4, 0.5) is 0 Å². The van der Waals surface area contributed by atoms with Crippen molar-refractivity contribution < 1.29 is 4.74 Å². The Kier molecular flexibility index (Phi) is 2.63. The second kappa shape index (κ2) is 3.73. The van der Waals surface area contributed by atoms with Crippen LogP contribution < -0.4 is 11.1 Å². The van der Waals surface area contributed by atoms with Crippen molar-refractivity contribution in [2.75, 3.05) is 13.2 Å². The van der Waals surface area contributed by atoms with Gasteiger partial charge in [0.05, 0.1) is 6.61 Å². The number of ether oxygens (including phenoxy) is 1. The highest BCUT2D eigenvalue weighted by Gasteiger charge is 2.26. The maximum Gasteiger partial charge on any atom is 0.0632 e. The number of rotatable bonds is 2. The monoisotopic (exact) mass is 170 g/mol. The van der Waals surface area contributed by atoms with Gasteiger partial charge in [0, 0.05) is 24.7 Å². The molecule has 2 fully saturated rings. The summed E-state index contributed by atoms with van der Waals surface area (Å²) in [6.45, 7) is 1.60. The van der Waals surface area contributed by atoms with E-state index in [0.717, 1.165) is 25.7 Å². The smallest absolute Gasteiger partial charge is 0.0632 e. The fourth-order valence-corrected chi connectivity index (χ4v) is 1.84. The minimum absolute atomic E-state index is 0.208. The molecule has 3 nitrogen and oxygen atoms in total. The van der Waals surface area contributed by atoms with Gasteiger partial charge in [-0.3, -0.25) is 0 Å². The molecule has 70 valence electrons. The van der Waals surface area contributed by atoms with Crippen molar-refractivity contribution in [2.24, 2.45) is 5.73 Å². The van der Waals surface area contributed by atoms with Gasteiger partial charge in [-0.05, 0) is 19.3 Å². The molecule has 2 rings (SSSR count). The Morgan fingerprint density at radius 1 is 1.25 bits per heavy atom. The van der Waals surface area contributed by atoms with Crippen molar-refractivity contribution in [3.8, 4) is 0 Å². The summed E-state index contributed by atoms with van der Waals surface area (Å²) in [4.78, 5) is 0. The molecule has 3 heteroatoms. The van der Waals surface area contributed by atoms with E-state index in [1.165, 1.54) is 19.3 Å². The Hall–Kier alpha value is -0.120. The largest absolute Gasteiger partial charge is 0.380 e. The van der Waals surface area contributed by atoms with Gasteiger partial charge < -0.3 is 15.8 Å². The van der Waals surface area contributed by atoms with Crippen LogP contribution in [0, 0.1) is 0 Å². The minimum atomic E-state index is 0.208. The minimum Gasteiger partial charge on any atom is -0.380 e. The van der Waals surface area contributed by atoms with Crippen molar-refractivity contribution in [2.45, 2.75) is 43.8 Å². The van der Waals surface area contributed by atoms with Gasteiger partial charge in [0.15, 0.2) is 0 Å². The van der Waals surface area contributed by atoms with Crippen molar-refractivity contribution in [3.05, 3.63) is 0 Å². The molecule has 0 spiro atoms. The maximum atomic E-state index is 5.92. The van der Waals surface area contributed by atoms with Crippen LogP contribution in [0.1, 0.15) is 25.7 Å². The highest BCUT2D eigenvalue weighted by atomic mass is 16.5. The SMILES string of the molecule is N[C@@H]1COCC[C@H]1NC1CCC1. The molecule has 0 radical (unpaired) electrons. The third kappa shape index (κ3) is 1.79. The summed E-state index contributed by atoms with van der Waals surface area (Å²) in [6.07, 6.45) is 5.14. The predicted molar refractivity (Wildman–Crippen MR) is 48.0 cm³/mol. The zero-order valence-corrected chi connectivity index (χ0v) is 7.46. The van der Waals surface area contributed by atoms with Crippen LogP contribution in [-0.4, -0.2) is 31.3 Å². The Morgan fingerprint density at radius 2 is 2.08 bits per heavy atom. The molecule has 0 aromatic heterocycles. The van der Waals surface area contributed by atoms with Crippen LogP contribution in [0.15, 0.2) is 0 Å². The zero-order valence-electron chi connectivity index (χ0n) is 7.46. The molecule has 2 aliphatic rings. The summed E-state index contributed by atoms with van der Waals surface area (Å²) in [6, 6.07) is 1.46. The quantitative estimate of drug-likeness (QED) is 0.624. The van der Waals surface area contributed by atoms with E-state index in [1.807, 2.05) is 0 Å². The lowest BCUT2D eigenvalue weighted by Crippen LogP contribution is -2.55. The molecule has 2 atom stereocenters. The van der Waals surface area contributed by atoms with Gasteiger partial charge in [0.2, 0.25) is 0 Å². The maximum absolute atomic E-state index is 5.92. The first kappa shape index (κ1) is 8.48. The molecule has 1 saturated carbocycles. The number of nitrogens with two attached hydrogens (primary N) is 1. The normalized spacial score (nSPS) is 37.8. The lowest BCUT2D eigenvalue weighted by molar-refractivity contribution is 0.0552. The summed E-state index contributed by atoms with van der Waals surface area (Å²) in [5, 5.41) is 3.60. The van der Waals surface area contributed by atoms with E-state index in [4.69, 9.17) is 10.5 Å². The second-order valence-corrected chi connectivity index (χ2v) is 3.93. The van der Waals surface area contributed by atoms with Crippen molar-refractivity contribution in [3.63, 3.8) is 0 Å². The molecule has 0 unspecified atom stereocenters. The first-order valence-electron chi connectivity index (χ1n) is 4.95. The first-order chi connectivity index (χ1) is 5.86. The van der Waals surface area contributed by atoms with Gasteiger partial charge in [-0.2, -0.15) is 0 Å². The lowest BCUT2D eigenvalue weighted by atomic mass is 9.91. The summed E-state index contributed by atoms with van der Waals surface area (Å²) in [5.74, 6) is 0. The van der Waals surface area contributed by atoms with E-state index >= 15 is 0 Å². The van der Waals surface area contributed by atoms with Crippen molar-refractivity contribution >= 4 is 0 Å². The molecule has 1 aliphatic heterocycles.